The number of allylic oxidation sites excluding steroid dienone is 2. The fourth-order valence-electron chi connectivity index (χ4n) is 2.55. The molecule has 1 aliphatic heterocycles. The van der Waals surface area contributed by atoms with Crippen LogP contribution < -0.4 is 19.5 Å². The predicted octanol–water partition coefficient (Wildman–Crippen LogP) is 4.16. The zero-order chi connectivity index (χ0) is 19.9. The maximum Gasteiger partial charge on any atom is 0.290 e. The van der Waals surface area contributed by atoms with Gasteiger partial charge in [0, 0.05) is 0 Å². The lowest BCUT2D eigenvalue weighted by atomic mass is 10.1. The molecule has 2 aromatic rings. The molecule has 3 rings (SSSR count). The van der Waals surface area contributed by atoms with Crippen LogP contribution in [0.15, 0.2) is 59.5 Å². The van der Waals surface area contributed by atoms with Gasteiger partial charge < -0.3 is 14.2 Å². The Morgan fingerprint density at radius 2 is 1.71 bits per heavy atom. The maximum atomic E-state index is 11.5. The summed E-state index contributed by atoms with van der Waals surface area (Å²) in [6.45, 7) is 0.384. The van der Waals surface area contributed by atoms with Crippen LogP contribution in [-0.4, -0.2) is 25.4 Å². The highest BCUT2D eigenvalue weighted by Crippen LogP contribution is 2.39. The van der Waals surface area contributed by atoms with Crippen molar-refractivity contribution in [2.45, 2.75) is 6.61 Å². The number of amides is 2. The molecule has 2 amide bonds. The highest BCUT2D eigenvalue weighted by molar-refractivity contribution is 8.18. The van der Waals surface area contributed by atoms with Gasteiger partial charge >= 0.3 is 0 Å². The second-order valence-corrected chi connectivity index (χ2v) is 6.78. The molecule has 1 fully saturated rings. The van der Waals surface area contributed by atoms with E-state index in [2.05, 4.69) is 5.32 Å². The van der Waals surface area contributed by atoms with Crippen LogP contribution in [0.3, 0.4) is 0 Å². The molecule has 0 aliphatic carbocycles. The summed E-state index contributed by atoms with van der Waals surface area (Å²) in [5.74, 6) is 1.19. The summed E-state index contributed by atoms with van der Waals surface area (Å²) >= 11 is 0.872. The monoisotopic (exact) mass is 397 g/mol. The number of thioether (sulfide) groups is 1. The van der Waals surface area contributed by atoms with Crippen LogP contribution in [0.4, 0.5) is 4.79 Å². The lowest BCUT2D eigenvalue weighted by Crippen LogP contribution is -2.17. The molecular weight excluding hydrogens is 378 g/mol. The van der Waals surface area contributed by atoms with Gasteiger partial charge in [-0.05, 0) is 41.1 Å². The molecule has 6 nitrogen and oxygen atoms in total. The van der Waals surface area contributed by atoms with Crippen LogP contribution in [0, 0.1) is 0 Å². The van der Waals surface area contributed by atoms with Gasteiger partial charge in [0.1, 0.15) is 6.61 Å². The minimum atomic E-state index is -0.389. The number of imide groups is 1. The molecule has 28 heavy (non-hydrogen) atoms. The Kier molecular flexibility index (Phi) is 6.39. The summed E-state index contributed by atoms with van der Waals surface area (Å²) in [5.41, 5.74) is 1.83. The molecule has 0 radical (unpaired) electrons. The number of ether oxygens (including phenoxy) is 3. The molecule has 2 aromatic carbocycles. The van der Waals surface area contributed by atoms with Gasteiger partial charge in [0.05, 0.1) is 19.1 Å². The molecule has 0 saturated carbocycles. The normalized spacial score (nSPS) is 15.1. The summed E-state index contributed by atoms with van der Waals surface area (Å²) in [6.07, 6.45) is 5.07. The highest BCUT2D eigenvalue weighted by Gasteiger charge is 2.24. The molecule has 1 heterocycles. The fourth-order valence-corrected chi connectivity index (χ4v) is 3.18. The van der Waals surface area contributed by atoms with Crippen molar-refractivity contribution in [3.05, 3.63) is 70.6 Å². The van der Waals surface area contributed by atoms with Gasteiger partial charge in [0.15, 0.2) is 11.5 Å². The molecule has 144 valence electrons. The number of benzene rings is 2. The lowest BCUT2D eigenvalue weighted by Gasteiger charge is -2.15. The Hall–Kier alpha value is -3.19. The quantitative estimate of drug-likeness (QED) is 0.707. The van der Waals surface area contributed by atoms with Gasteiger partial charge in [0.25, 0.3) is 11.1 Å². The summed E-state index contributed by atoms with van der Waals surface area (Å²) in [6, 6.07) is 13.4. The molecule has 0 spiro atoms. The first-order valence-corrected chi connectivity index (χ1v) is 9.26. The topological polar surface area (TPSA) is 73.9 Å². The van der Waals surface area contributed by atoms with Crippen molar-refractivity contribution in [1.29, 1.82) is 0 Å². The number of rotatable bonds is 7. The Morgan fingerprint density at radius 3 is 2.29 bits per heavy atom. The van der Waals surface area contributed by atoms with Crippen molar-refractivity contribution in [3.63, 3.8) is 0 Å². The number of nitrogens with one attached hydrogen (secondary N) is 1. The average Bonchev–Trinajstić information content (AvgIpc) is 3.03. The van der Waals surface area contributed by atoms with E-state index < -0.39 is 0 Å². The van der Waals surface area contributed by atoms with Gasteiger partial charge in [0.2, 0.25) is 5.75 Å². The first-order chi connectivity index (χ1) is 13.6. The Balaban J connectivity index is 1.80. The smallest absolute Gasteiger partial charge is 0.290 e. The number of hydrogen-bond acceptors (Lipinski definition) is 6. The van der Waals surface area contributed by atoms with Crippen LogP contribution in [0.1, 0.15) is 11.1 Å². The first kappa shape index (κ1) is 19.6. The van der Waals surface area contributed by atoms with Crippen molar-refractivity contribution in [2.24, 2.45) is 0 Å². The van der Waals surface area contributed by atoms with Crippen molar-refractivity contribution in [1.82, 2.24) is 5.32 Å². The Labute approximate surface area is 167 Å². The molecule has 7 heteroatoms. The average molecular weight is 397 g/mol. The molecule has 0 atom stereocenters. The fraction of sp³-hybridized carbons (Fsp3) is 0.143. The lowest BCUT2D eigenvalue weighted by molar-refractivity contribution is -0.115. The molecule has 1 N–H and O–H groups in total. The van der Waals surface area contributed by atoms with Crippen molar-refractivity contribution in [2.75, 3.05) is 14.2 Å². The zero-order valence-electron chi connectivity index (χ0n) is 15.4. The first-order valence-electron chi connectivity index (χ1n) is 8.45. The zero-order valence-corrected chi connectivity index (χ0v) is 16.2. The van der Waals surface area contributed by atoms with E-state index in [4.69, 9.17) is 14.2 Å². The Morgan fingerprint density at radius 1 is 1.04 bits per heavy atom. The van der Waals surface area contributed by atoms with Crippen LogP contribution in [0.2, 0.25) is 0 Å². The SMILES string of the molecule is COc1cc(C=CC=C2SC(=O)NC2=O)cc(OC)c1OCc1ccccc1. The number of carbonyl (C=O) groups excluding carboxylic acids is 2. The van der Waals surface area contributed by atoms with E-state index in [9.17, 15) is 9.59 Å². The van der Waals surface area contributed by atoms with Crippen LogP contribution in [0.25, 0.3) is 6.08 Å². The molecule has 0 aromatic heterocycles. The second-order valence-electron chi connectivity index (χ2n) is 5.76. The third kappa shape index (κ3) is 4.75. The third-order valence-electron chi connectivity index (χ3n) is 3.89. The molecular formula is C21H19NO5S. The van der Waals surface area contributed by atoms with Crippen LogP contribution in [0.5, 0.6) is 17.2 Å². The van der Waals surface area contributed by atoms with E-state index >= 15 is 0 Å². The number of hydrogen-bond donors (Lipinski definition) is 1. The largest absolute Gasteiger partial charge is 0.493 e. The van der Waals surface area contributed by atoms with E-state index in [1.165, 1.54) is 0 Å². The standard InChI is InChI=1S/C21H19NO5S/c1-25-16-11-15(9-6-10-18-20(23)22-21(24)28-18)12-17(26-2)19(16)27-13-14-7-4-3-5-8-14/h3-12H,13H2,1-2H3,(H,22,23,24). The molecule has 1 saturated heterocycles. The van der Waals surface area contributed by atoms with E-state index in [0.29, 0.717) is 28.8 Å². The second kappa shape index (κ2) is 9.14. The molecule has 0 unspecified atom stereocenters. The highest BCUT2D eigenvalue weighted by atomic mass is 32.2. The van der Waals surface area contributed by atoms with E-state index in [1.54, 1.807) is 32.4 Å². The number of methoxy groups -OCH3 is 2. The minimum Gasteiger partial charge on any atom is -0.493 e. The van der Waals surface area contributed by atoms with Crippen molar-refractivity contribution in [3.8, 4) is 17.2 Å². The van der Waals surface area contributed by atoms with Gasteiger partial charge in [-0.25, -0.2) is 0 Å². The summed E-state index contributed by atoms with van der Waals surface area (Å²) in [4.78, 5) is 23.1. The number of carbonyl (C=O) groups is 2. The van der Waals surface area contributed by atoms with Gasteiger partial charge in [-0.3, -0.25) is 14.9 Å². The molecule has 1 aliphatic rings. The van der Waals surface area contributed by atoms with Gasteiger partial charge in [-0.1, -0.05) is 42.5 Å². The van der Waals surface area contributed by atoms with Gasteiger partial charge in [-0.15, -0.1) is 0 Å². The maximum absolute atomic E-state index is 11.5. The summed E-state index contributed by atoms with van der Waals surface area (Å²) < 4.78 is 16.8. The van der Waals surface area contributed by atoms with Crippen LogP contribution in [-0.2, 0) is 11.4 Å². The minimum absolute atomic E-state index is 0.350. The van der Waals surface area contributed by atoms with E-state index in [1.807, 2.05) is 42.5 Å². The summed E-state index contributed by atoms with van der Waals surface area (Å²) in [5, 5.41) is 1.85. The third-order valence-corrected chi connectivity index (χ3v) is 4.72. The van der Waals surface area contributed by atoms with Gasteiger partial charge in [-0.2, -0.15) is 0 Å². The van der Waals surface area contributed by atoms with E-state index in [-0.39, 0.29) is 11.1 Å². The van der Waals surface area contributed by atoms with E-state index in [0.717, 1.165) is 22.9 Å². The van der Waals surface area contributed by atoms with Crippen molar-refractivity contribution >= 4 is 29.0 Å². The predicted molar refractivity (Wildman–Crippen MR) is 109 cm³/mol. The molecule has 0 bridgehead atoms. The van der Waals surface area contributed by atoms with Crippen LogP contribution >= 0.6 is 11.8 Å². The Bertz CT molecular complexity index is 912. The summed E-state index contributed by atoms with van der Waals surface area (Å²) in [7, 11) is 3.12. The van der Waals surface area contributed by atoms with Crippen molar-refractivity contribution < 1.29 is 23.8 Å².